The van der Waals surface area contributed by atoms with Gasteiger partial charge in [0.15, 0.2) is 0 Å². The Hall–Kier alpha value is -2.41. The summed E-state index contributed by atoms with van der Waals surface area (Å²) >= 11 is 12.2. The fourth-order valence-corrected chi connectivity index (χ4v) is 3.16. The van der Waals surface area contributed by atoms with Crippen molar-refractivity contribution in [1.82, 2.24) is 4.57 Å². The Bertz CT molecular complexity index is 908. The Labute approximate surface area is 150 Å². The van der Waals surface area contributed by atoms with Gasteiger partial charge in [-0.25, -0.2) is 0 Å². The molecule has 1 heterocycles. The molecule has 3 aromatic rings. The fraction of sp³-hybridized carbons (Fsp3) is 0.105. The Morgan fingerprint density at radius 3 is 2.46 bits per heavy atom. The summed E-state index contributed by atoms with van der Waals surface area (Å²) in [6, 6.07) is 19.3. The van der Waals surface area contributed by atoms with Gasteiger partial charge in [-0.3, -0.25) is 0 Å². The monoisotopic (exact) mass is 355 g/mol. The smallest absolute Gasteiger partial charge is 0.122 e. The van der Waals surface area contributed by atoms with Crippen LogP contribution in [0, 0.1) is 11.3 Å². The highest BCUT2D eigenvalue weighted by Gasteiger charge is 2.15. The van der Waals surface area contributed by atoms with E-state index in [9.17, 15) is 5.26 Å². The first-order chi connectivity index (χ1) is 11.6. The van der Waals surface area contributed by atoms with Crippen LogP contribution in [0.25, 0.3) is 0 Å². The fourth-order valence-electron chi connectivity index (χ4n) is 2.69. The number of nitrogens with two attached hydrogens (primary N) is 1. The van der Waals surface area contributed by atoms with Crippen molar-refractivity contribution in [3.63, 3.8) is 0 Å². The molecule has 1 aromatic heterocycles. The van der Waals surface area contributed by atoms with Gasteiger partial charge in [-0.15, -0.1) is 0 Å². The molecular formula is C19H15Cl2N3. The predicted molar refractivity (Wildman–Crippen MR) is 98.4 cm³/mol. The second kappa shape index (κ2) is 7.00. The van der Waals surface area contributed by atoms with E-state index >= 15 is 0 Å². The number of halogens is 2. The Kier molecular flexibility index (Phi) is 4.80. The van der Waals surface area contributed by atoms with Crippen molar-refractivity contribution >= 4 is 28.9 Å². The molecule has 0 aliphatic rings. The van der Waals surface area contributed by atoms with Crippen LogP contribution in [0.1, 0.15) is 22.5 Å². The van der Waals surface area contributed by atoms with Crippen LogP contribution in [0.15, 0.2) is 54.6 Å². The first-order valence-electron chi connectivity index (χ1n) is 7.44. The van der Waals surface area contributed by atoms with Gasteiger partial charge in [0.25, 0.3) is 0 Å². The minimum Gasteiger partial charge on any atom is -0.397 e. The molecule has 0 saturated heterocycles. The average Bonchev–Trinajstić information content (AvgIpc) is 2.87. The number of anilines is 1. The SMILES string of the molecule is N#Cc1cc(N)c(Cc2ccccc2)n1Cc1ccc(Cl)cc1Cl. The Balaban J connectivity index is 2.01. The summed E-state index contributed by atoms with van der Waals surface area (Å²) in [5, 5.41) is 10.6. The van der Waals surface area contributed by atoms with Crippen molar-refractivity contribution in [2.24, 2.45) is 0 Å². The highest BCUT2D eigenvalue weighted by atomic mass is 35.5. The van der Waals surface area contributed by atoms with E-state index in [0.29, 0.717) is 34.4 Å². The van der Waals surface area contributed by atoms with Crippen LogP contribution in [0.4, 0.5) is 5.69 Å². The van der Waals surface area contributed by atoms with Gasteiger partial charge in [0, 0.05) is 22.2 Å². The van der Waals surface area contributed by atoms with Crippen molar-refractivity contribution in [2.45, 2.75) is 13.0 Å². The maximum absolute atomic E-state index is 9.43. The van der Waals surface area contributed by atoms with E-state index in [-0.39, 0.29) is 0 Å². The van der Waals surface area contributed by atoms with E-state index in [1.807, 2.05) is 41.0 Å². The van der Waals surface area contributed by atoms with Crippen LogP contribution in [-0.2, 0) is 13.0 Å². The number of benzene rings is 2. The highest BCUT2D eigenvalue weighted by Crippen LogP contribution is 2.26. The van der Waals surface area contributed by atoms with Gasteiger partial charge in [-0.2, -0.15) is 5.26 Å². The van der Waals surface area contributed by atoms with E-state index in [4.69, 9.17) is 28.9 Å². The van der Waals surface area contributed by atoms with Crippen LogP contribution in [0.2, 0.25) is 10.0 Å². The topological polar surface area (TPSA) is 54.7 Å². The van der Waals surface area contributed by atoms with Gasteiger partial charge in [0.05, 0.1) is 12.2 Å². The van der Waals surface area contributed by atoms with Crippen molar-refractivity contribution in [1.29, 1.82) is 5.26 Å². The molecular weight excluding hydrogens is 341 g/mol. The van der Waals surface area contributed by atoms with Crippen molar-refractivity contribution in [3.8, 4) is 6.07 Å². The van der Waals surface area contributed by atoms with E-state index in [2.05, 4.69) is 6.07 Å². The lowest BCUT2D eigenvalue weighted by molar-refractivity contribution is 0.749. The molecule has 24 heavy (non-hydrogen) atoms. The summed E-state index contributed by atoms with van der Waals surface area (Å²) in [5.74, 6) is 0. The lowest BCUT2D eigenvalue weighted by Crippen LogP contribution is -2.09. The zero-order chi connectivity index (χ0) is 17.1. The summed E-state index contributed by atoms with van der Waals surface area (Å²) in [5.41, 5.74) is 10.2. The molecule has 2 aromatic carbocycles. The molecule has 3 nitrogen and oxygen atoms in total. The van der Waals surface area contributed by atoms with Crippen LogP contribution in [0.3, 0.4) is 0 Å². The van der Waals surface area contributed by atoms with Gasteiger partial charge in [0.2, 0.25) is 0 Å². The number of hydrogen-bond donors (Lipinski definition) is 1. The van der Waals surface area contributed by atoms with E-state index in [0.717, 1.165) is 16.8 Å². The summed E-state index contributed by atoms with van der Waals surface area (Å²) in [6.45, 7) is 0.470. The number of rotatable bonds is 4. The van der Waals surface area contributed by atoms with Gasteiger partial charge >= 0.3 is 0 Å². The second-order valence-corrected chi connectivity index (χ2v) is 6.37. The molecule has 2 N–H and O–H groups in total. The van der Waals surface area contributed by atoms with Gasteiger partial charge in [-0.05, 0) is 29.3 Å². The average molecular weight is 356 g/mol. The molecule has 5 heteroatoms. The lowest BCUT2D eigenvalue weighted by atomic mass is 10.1. The van der Waals surface area contributed by atoms with Gasteiger partial charge in [-0.1, -0.05) is 59.6 Å². The largest absolute Gasteiger partial charge is 0.397 e. The Morgan fingerprint density at radius 2 is 1.79 bits per heavy atom. The molecule has 3 rings (SSSR count). The van der Waals surface area contributed by atoms with E-state index < -0.39 is 0 Å². The third-order valence-corrected chi connectivity index (χ3v) is 4.50. The van der Waals surface area contributed by atoms with Crippen molar-refractivity contribution < 1.29 is 0 Å². The minimum atomic E-state index is 0.470. The second-order valence-electron chi connectivity index (χ2n) is 5.53. The first kappa shape index (κ1) is 16.4. The molecule has 0 atom stereocenters. The molecule has 120 valence electrons. The summed E-state index contributed by atoms with van der Waals surface area (Å²) in [7, 11) is 0. The first-order valence-corrected chi connectivity index (χ1v) is 8.20. The van der Waals surface area contributed by atoms with Crippen LogP contribution in [0.5, 0.6) is 0 Å². The van der Waals surface area contributed by atoms with Crippen molar-refractivity contribution in [2.75, 3.05) is 5.73 Å². The molecule has 0 unspecified atom stereocenters. The molecule has 0 aliphatic heterocycles. The quantitative estimate of drug-likeness (QED) is 0.724. The number of nitrogens with zero attached hydrogens (tertiary/aromatic N) is 2. The predicted octanol–water partition coefficient (Wildman–Crippen LogP) is 4.89. The minimum absolute atomic E-state index is 0.470. The summed E-state index contributed by atoms with van der Waals surface area (Å²) < 4.78 is 1.91. The number of aromatic nitrogens is 1. The van der Waals surface area contributed by atoms with Gasteiger partial charge < -0.3 is 10.3 Å². The third-order valence-electron chi connectivity index (χ3n) is 3.91. The van der Waals surface area contributed by atoms with Crippen LogP contribution < -0.4 is 5.73 Å². The molecule has 0 fully saturated rings. The molecule has 0 amide bonds. The molecule has 0 bridgehead atoms. The van der Waals surface area contributed by atoms with Crippen LogP contribution >= 0.6 is 23.2 Å². The van der Waals surface area contributed by atoms with Gasteiger partial charge in [0.1, 0.15) is 11.8 Å². The molecule has 0 spiro atoms. The highest BCUT2D eigenvalue weighted by molar-refractivity contribution is 6.35. The Morgan fingerprint density at radius 1 is 1.04 bits per heavy atom. The zero-order valence-corrected chi connectivity index (χ0v) is 14.3. The summed E-state index contributed by atoms with van der Waals surface area (Å²) in [6.07, 6.45) is 0.652. The molecule has 0 aliphatic carbocycles. The molecule has 0 saturated carbocycles. The molecule has 0 radical (unpaired) electrons. The zero-order valence-electron chi connectivity index (χ0n) is 12.8. The number of nitrogen functional groups attached to an aromatic ring is 1. The maximum atomic E-state index is 9.43. The third kappa shape index (κ3) is 3.41. The standard InChI is InChI=1S/C19H15Cl2N3/c20-15-7-6-14(17(21)9-15)12-24-16(11-22)10-18(23)19(24)8-13-4-2-1-3-5-13/h1-7,9-10H,8,12,23H2. The normalized spacial score (nSPS) is 10.5. The maximum Gasteiger partial charge on any atom is 0.122 e. The number of nitriles is 1. The van der Waals surface area contributed by atoms with E-state index in [1.54, 1.807) is 18.2 Å². The van der Waals surface area contributed by atoms with E-state index in [1.165, 1.54) is 0 Å². The van der Waals surface area contributed by atoms with Crippen molar-refractivity contribution in [3.05, 3.63) is 87.2 Å². The number of hydrogen-bond acceptors (Lipinski definition) is 2. The van der Waals surface area contributed by atoms with Crippen LogP contribution in [-0.4, -0.2) is 4.57 Å². The summed E-state index contributed by atoms with van der Waals surface area (Å²) in [4.78, 5) is 0. The lowest BCUT2D eigenvalue weighted by Gasteiger charge is -2.13.